The summed E-state index contributed by atoms with van der Waals surface area (Å²) in [4.78, 5) is 11.8. The number of hydrogen-bond donors (Lipinski definition) is 2. The van der Waals surface area contributed by atoms with Crippen LogP contribution in [-0.2, 0) is 6.42 Å². The number of halogens is 2. The average Bonchev–Trinajstić information content (AvgIpc) is 2.53. The highest BCUT2D eigenvalue weighted by atomic mass is 19.1. The summed E-state index contributed by atoms with van der Waals surface area (Å²) in [5.74, 6) is -0.360. The quantitative estimate of drug-likeness (QED) is 0.844. The van der Waals surface area contributed by atoms with Gasteiger partial charge in [-0.1, -0.05) is 42.5 Å². The second kappa shape index (κ2) is 8.12. The van der Waals surface area contributed by atoms with Gasteiger partial charge in [-0.05, 0) is 29.7 Å². The minimum Gasteiger partial charge on any atom is -0.336 e. The number of alkyl halides is 1. The molecule has 1 atom stereocenters. The Bertz CT molecular complexity index is 605. The molecule has 2 amide bonds. The molecule has 1 unspecified atom stereocenters. The van der Waals surface area contributed by atoms with Crippen LogP contribution in [0.2, 0.25) is 0 Å². The molecule has 0 aliphatic rings. The molecular weight excluding hydrogens is 286 g/mol. The van der Waals surface area contributed by atoms with Crippen molar-refractivity contribution in [3.63, 3.8) is 0 Å². The van der Waals surface area contributed by atoms with Crippen LogP contribution in [0.25, 0.3) is 0 Å². The van der Waals surface area contributed by atoms with Crippen molar-refractivity contribution in [2.75, 3.05) is 13.2 Å². The Morgan fingerprint density at radius 1 is 1.09 bits per heavy atom. The molecule has 0 fully saturated rings. The fraction of sp³-hybridized carbons (Fsp3) is 0.235. The van der Waals surface area contributed by atoms with Crippen LogP contribution in [0.5, 0.6) is 0 Å². The zero-order valence-corrected chi connectivity index (χ0v) is 12.1. The number of rotatable bonds is 6. The Balaban J connectivity index is 2.15. The first-order valence-corrected chi connectivity index (χ1v) is 7.09. The van der Waals surface area contributed by atoms with Crippen LogP contribution < -0.4 is 10.6 Å². The van der Waals surface area contributed by atoms with Gasteiger partial charge in [-0.3, -0.25) is 0 Å². The van der Waals surface area contributed by atoms with E-state index in [2.05, 4.69) is 10.6 Å². The lowest BCUT2D eigenvalue weighted by molar-refractivity contribution is 0.236. The van der Waals surface area contributed by atoms with Crippen LogP contribution in [0.1, 0.15) is 17.2 Å². The van der Waals surface area contributed by atoms with Crippen LogP contribution in [0.3, 0.4) is 0 Å². The summed E-state index contributed by atoms with van der Waals surface area (Å²) in [5.41, 5.74) is 1.68. The number of amides is 2. The molecule has 3 nitrogen and oxygen atoms in total. The number of urea groups is 1. The van der Waals surface area contributed by atoms with Gasteiger partial charge in [-0.15, -0.1) is 0 Å². The van der Waals surface area contributed by atoms with Gasteiger partial charge in [-0.25, -0.2) is 13.6 Å². The Labute approximate surface area is 128 Å². The lowest BCUT2D eigenvalue weighted by Gasteiger charge is -2.20. The van der Waals surface area contributed by atoms with E-state index in [1.54, 1.807) is 12.1 Å². The first-order valence-electron chi connectivity index (χ1n) is 7.09. The Hall–Kier alpha value is -2.43. The predicted octanol–water partition coefficient (Wildman–Crippen LogP) is 3.38. The second-order valence-corrected chi connectivity index (χ2v) is 4.89. The molecule has 0 aliphatic carbocycles. The van der Waals surface area contributed by atoms with Gasteiger partial charge in [0, 0.05) is 6.54 Å². The fourth-order valence-corrected chi connectivity index (χ4v) is 2.20. The summed E-state index contributed by atoms with van der Waals surface area (Å²) < 4.78 is 25.5. The number of carbonyl (C=O) groups is 1. The highest BCUT2D eigenvalue weighted by molar-refractivity contribution is 5.74. The van der Waals surface area contributed by atoms with E-state index in [0.717, 1.165) is 5.56 Å². The first kappa shape index (κ1) is 15.9. The van der Waals surface area contributed by atoms with Crippen molar-refractivity contribution < 1.29 is 13.6 Å². The molecule has 0 heterocycles. The molecule has 22 heavy (non-hydrogen) atoms. The summed E-state index contributed by atoms with van der Waals surface area (Å²) in [6, 6.07) is 14.8. The van der Waals surface area contributed by atoms with E-state index < -0.39 is 18.7 Å². The highest BCUT2D eigenvalue weighted by Gasteiger charge is 2.15. The monoisotopic (exact) mass is 304 g/mol. The van der Waals surface area contributed by atoms with Crippen LogP contribution in [-0.4, -0.2) is 19.3 Å². The molecule has 0 radical (unpaired) electrons. The maximum Gasteiger partial charge on any atom is 0.315 e. The standard InChI is InChI=1S/C17H18F2N2O/c18-9-10-20-17(22)21-16(11-13-5-2-1-3-6-13)14-7-4-8-15(19)12-14/h1-8,12,16H,9-11H2,(H2,20,21,22). The third-order valence-corrected chi connectivity index (χ3v) is 3.22. The van der Waals surface area contributed by atoms with Gasteiger partial charge in [0.25, 0.3) is 0 Å². The van der Waals surface area contributed by atoms with Crippen LogP contribution >= 0.6 is 0 Å². The maximum atomic E-state index is 13.4. The van der Waals surface area contributed by atoms with E-state index in [0.29, 0.717) is 12.0 Å². The summed E-state index contributed by atoms with van der Waals surface area (Å²) in [6.45, 7) is -0.677. The van der Waals surface area contributed by atoms with Crippen LogP contribution in [0, 0.1) is 5.82 Å². The van der Waals surface area contributed by atoms with Gasteiger partial charge in [0.2, 0.25) is 0 Å². The molecule has 2 aromatic rings. The SMILES string of the molecule is O=C(NCCF)NC(Cc1ccccc1)c1cccc(F)c1. The lowest BCUT2D eigenvalue weighted by Crippen LogP contribution is -2.39. The van der Waals surface area contributed by atoms with Crippen molar-refractivity contribution in [1.29, 1.82) is 0 Å². The molecule has 0 spiro atoms. The number of carbonyl (C=O) groups excluding carboxylic acids is 1. The second-order valence-electron chi connectivity index (χ2n) is 4.89. The Kier molecular flexibility index (Phi) is 5.89. The molecule has 2 rings (SSSR count). The van der Waals surface area contributed by atoms with Crippen molar-refractivity contribution >= 4 is 6.03 Å². The third-order valence-electron chi connectivity index (χ3n) is 3.22. The Morgan fingerprint density at radius 3 is 2.55 bits per heavy atom. The molecule has 0 aromatic heterocycles. The Morgan fingerprint density at radius 2 is 1.86 bits per heavy atom. The molecule has 0 bridgehead atoms. The maximum absolute atomic E-state index is 13.4. The lowest BCUT2D eigenvalue weighted by atomic mass is 9.99. The molecule has 0 aliphatic heterocycles. The van der Waals surface area contributed by atoms with Crippen molar-refractivity contribution in [2.24, 2.45) is 0 Å². The van der Waals surface area contributed by atoms with Gasteiger partial charge in [0.05, 0.1) is 6.04 Å². The normalized spacial score (nSPS) is 11.7. The molecule has 5 heteroatoms. The van der Waals surface area contributed by atoms with Gasteiger partial charge in [-0.2, -0.15) is 0 Å². The first-order chi connectivity index (χ1) is 10.7. The smallest absolute Gasteiger partial charge is 0.315 e. The zero-order valence-electron chi connectivity index (χ0n) is 12.1. The molecule has 116 valence electrons. The van der Waals surface area contributed by atoms with E-state index in [1.807, 2.05) is 30.3 Å². The van der Waals surface area contributed by atoms with E-state index in [-0.39, 0.29) is 12.4 Å². The summed E-state index contributed by atoms with van der Waals surface area (Å²) in [6.07, 6.45) is 0.521. The van der Waals surface area contributed by atoms with Crippen LogP contribution in [0.15, 0.2) is 54.6 Å². The number of benzene rings is 2. The van der Waals surface area contributed by atoms with E-state index in [1.165, 1.54) is 12.1 Å². The van der Waals surface area contributed by atoms with Gasteiger partial charge >= 0.3 is 6.03 Å². The molecule has 0 saturated carbocycles. The summed E-state index contributed by atoms with van der Waals surface area (Å²) >= 11 is 0. The van der Waals surface area contributed by atoms with Crippen LogP contribution in [0.4, 0.5) is 13.6 Å². The van der Waals surface area contributed by atoms with Gasteiger partial charge in [0.1, 0.15) is 12.5 Å². The van der Waals surface area contributed by atoms with E-state index in [4.69, 9.17) is 0 Å². The zero-order chi connectivity index (χ0) is 15.8. The van der Waals surface area contributed by atoms with Gasteiger partial charge < -0.3 is 10.6 Å². The highest BCUT2D eigenvalue weighted by Crippen LogP contribution is 2.19. The minimum atomic E-state index is -0.628. The fourth-order valence-electron chi connectivity index (χ4n) is 2.20. The largest absolute Gasteiger partial charge is 0.336 e. The molecule has 2 aromatic carbocycles. The average molecular weight is 304 g/mol. The molecule has 0 saturated heterocycles. The van der Waals surface area contributed by atoms with Crippen molar-refractivity contribution in [2.45, 2.75) is 12.5 Å². The van der Waals surface area contributed by atoms with Crippen molar-refractivity contribution in [1.82, 2.24) is 10.6 Å². The minimum absolute atomic E-state index is 0.0486. The summed E-state index contributed by atoms with van der Waals surface area (Å²) in [5, 5.41) is 5.17. The number of hydrogen-bond acceptors (Lipinski definition) is 1. The van der Waals surface area contributed by atoms with Crippen molar-refractivity contribution in [3.05, 3.63) is 71.5 Å². The summed E-state index contributed by atoms with van der Waals surface area (Å²) in [7, 11) is 0. The third kappa shape index (κ3) is 4.84. The number of nitrogens with one attached hydrogen (secondary N) is 2. The topological polar surface area (TPSA) is 41.1 Å². The molecular formula is C17H18F2N2O. The van der Waals surface area contributed by atoms with Crippen molar-refractivity contribution in [3.8, 4) is 0 Å². The van der Waals surface area contributed by atoms with E-state index >= 15 is 0 Å². The van der Waals surface area contributed by atoms with Gasteiger partial charge in [0.15, 0.2) is 0 Å². The molecule has 2 N–H and O–H groups in total. The van der Waals surface area contributed by atoms with E-state index in [9.17, 15) is 13.6 Å². The predicted molar refractivity (Wildman–Crippen MR) is 81.8 cm³/mol.